The number of nitrogens with zero attached hydrogens (tertiary/aromatic N) is 4. The number of hydrogen-bond acceptors (Lipinski definition) is 3. The first-order valence-corrected chi connectivity index (χ1v) is 8.30. The molecule has 0 unspecified atom stereocenters. The van der Waals surface area contributed by atoms with Crippen molar-refractivity contribution in [3.05, 3.63) is 90.0 Å². The minimum Gasteiger partial charge on any atom is -0.321 e. The Bertz CT molecular complexity index is 1060. The molecule has 0 radical (unpaired) electrons. The summed E-state index contributed by atoms with van der Waals surface area (Å²) in [5, 5.41) is 11.9. The summed E-state index contributed by atoms with van der Waals surface area (Å²) in [6, 6.07) is 18.2. The predicted molar refractivity (Wildman–Crippen MR) is 100 cm³/mol. The first-order valence-electron chi connectivity index (χ1n) is 7.93. The van der Waals surface area contributed by atoms with Gasteiger partial charge < -0.3 is 5.32 Å². The largest absolute Gasteiger partial charge is 0.321 e. The van der Waals surface area contributed by atoms with Crippen LogP contribution in [0, 0.1) is 0 Å². The number of halogens is 1. The van der Waals surface area contributed by atoms with Gasteiger partial charge >= 0.3 is 0 Å². The summed E-state index contributed by atoms with van der Waals surface area (Å²) in [4.78, 5) is 12.5. The van der Waals surface area contributed by atoms with E-state index in [1.807, 2.05) is 54.7 Å². The summed E-state index contributed by atoms with van der Waals surface area (Å²) < 4.78 is 3.30. The van der Waals surface area contributed by atoms with Crippen molar-refractivity contribution in [1.29, 1.82) is 0 Å². The van der Waals surface area contributed by atoms with Crippen molar-refractivity contribution in [3.63, 3.8) is 0 Å². The van der Waals surface area contributed by atoms with Gasteiger partial charge in [-0.15, -0.1) is 0 Å². The van der Waals surface area contributed by atoms with Gasteiger partial charge in [0.05, 0.1) is 16.4 Å². The fourth-order valence-corrected chi connectivity index (χ4v) is 2.78. The second-order valence-electron chi connectivity index (χ2n) is 5.55. The zero-order chi connectivity index (χ0) is 17.9. The maximum absolute atomic E-state index is 12.5. The summed E-state index contributed by atoms with van der Waals surface area (Å²) in [5.74, 6) is -0.298. The smallest absolute Gasteiger partial charge is 0.276 e. The molecule has 0 aliphatic heterocycles. The van der Waals surface area contributed by atoms with Crippen LogP contribution in [-0.4, -0.2) is 25.5 Å². The van der Waals surface area contributed by atoms with E-state index < -0.39 is 0 Å². The minimum absolute atomic E-state index is 0.298. The zero-order valence-corrected chi connectivity index (χ0v) is 14.3. The van der Waals surface area contributed by atoms with Crippen molar-refractivity contribution in [3.8, 4) is 11.4 Å². The molecular weight excluding hydrogens is 350 g/mol. The van der Waals surface area contributed by atoms with Crippen LogP contribution >= 0.6 is 11.6 Å². The molecule has 6 nitrogen and oxygen atoms in total. The molecule has 0 fully saturated rings. The van der Waals surface area contributed by atoms with Crippen molar-refractivity contribution >= 4 is 23.2 Å². The van der Waals surface area contributed by atoms with E-state index in [4.69, 9.17) is 11.6 Å². The molecule has 2 aromatic heterocycles. The third-order valence-corrected chi connectivity index (χ3v) is 4.11. The number of hydrogen-bond donors (Lipinski definition) is 1. The van der Waals surface area contributed by atoms with Gasteiger partial charge in [-0.25, -0.2) is 9.36 Å². The number of rotatable bonds is 4. The average molecular weight is 364 g/mol. The lowest BCUT2D eigenvalue weighted by Gasteiger charge is -2.07. The van der Waals surface area contributed by atoms with E-state index in [0.29, 0.717) is 22.1 Å². The van der Waals surface area contributed by atoms with Gasteiger partial charge in [-0.3, -0.25) is 4.79 Å². The highest BCUT2D eigenvalue weighted by molar-refractivity contribution is 6.32. The van der Waals surface area contributed by atoms with Gasteiger partial charge in [0.15, 0.2) is 5.69 Å². The first-order chi connectivity index (χ1) is 12.7. The van der Waals surface area contributed by atoms with Crippen LogP contribution in [-0.2, 0) is 0 Å². The number of nitrogens with one attached hydrogen (secondary N) is 1. The molecule has 0 saturated heterocycles. The van der Waals surface area contributed by atoms with Gasteiger partial charge in [0, 0.05) is 24.3 Å². The highest BCUT2D eigenvalue weighted by Crippen LogP contribution is 2.19. The summed E-state index contributed by atoms with van der Waals surface area (Å²) in [6.45, 7) is 0. The molecule has 0 spiro atoms. The van der Waals surface area contributed by atoms with E-state index >= 15 is 0 Å². The normalized spacial score (nSPS) is 10.7. The summed E-state index contributed by atoms with van der Waals surface area (Å²) in [6.07, 6.45) is 5.25. The molecule has 0 aliphatic carbocycles. The summed E-state index contributed by atoms with van der Waals surface area (Å²) in [7, 11) is 0. The molecule has 26 heavy (non-hydrogen) atoms. The topological polar surface area (TPSA) is 64.7 Å². The van der Waals surface area contributed by atoms with Crippen LogP contribution in [0.3, 0.4) is 0 Å². The van der Waals surface area contributed by atoms with E-state index in [9.17, 15) is 4.79 Å². The number of carbonyl (C=O) groups excluding carboxylic acids is 1. The van der Waals surface area contributed by atoms with Gasteiger partial charge in [0.1, 0.15) is 0 Å². The number of aromatic nitrogens is 4. The van der Waals surface area contributed by atoms with Gasteiger partial charge in [0.2, 0.25) is 0 Å². The predicted octanol–water partition coefficient (Wildman–Crippen LogP) is 3.96. The second-order valence-corrected chi connectivity index (χ2v) is 5.96. The van der Waals surface area contributed by atoms with Crippen LogP contribution in [0.1, 0.15) is 10.5 Å². The zero-order valence-electron chi connectivity index (χ0n) is 13.6. The number of para-hydroxylation sites is 1. The molecular formula is C19H14ClN5O. The molecule has 7 heteroatoms. The lowest BCUT2D eigenvalue weighted by atomic mass is 10.2. The molecule has 0 atom stereocenters. The van der Waals surface area contributed by atoms with Gasteiger partial charge in [-0.1, -0.05) is 29.8 Å². The molecule has 2 heterocycles. The van der Waals surface area contributed by atoms with Crippen LogP contribution in [0.2, 0.25) is 5.02 Å². The van der Waals surface area contributed by atoms with Crippen LogP contribution in [0.25, 0.3) is 11.4 Å². The van der Waals surface area contributed by atoms with Crippen LogP contribution in [0.15, 0.2) is 79.3 Å². The fraction of sp³-hybridized carbons (Fsp3) is 0. The second kappa shape index (κ2) is 6.85. The first kappa shape index (κ1) is 16.1. The maximum atomic E-state index is 12.5. The van der Waals surface area contributed by atoms with E-state index in [-0.39, 0.29) is 5.91 Å². The van der Waals surface area contributed by atoms with Gasteiger partial charge in [0.25, 0.3) is 5.91 Å². The number of carbonyl (C=O) groups is 1. The van der Waals surface area contributed by atoms with Crippen LogP contribution < -0.4 is 5.32 Å². The molecule has 2 aromatic carbocycles. The molecule has 4 aromatic rings. The van der Waals surface area contributed by atoms with E-state index in [2.05, 4.69) is 15.5 Å². The Labute approximate surface area is 154 Å². The van der Waals surface area contributed by atoms with Crippen molar-refractivity contribution in [2.24, 2.45) is 0 Å². The Hall–Kier alpha value is -3.38. The Kier molecular flexibility index (Phi) is 4.25. The van der Waals surface area contributed by atoms with E-state index in [1.165, 1.54) is 0 Å². The minimum atomic E-state index is -0.298. The van der Waals surface area contributed by atoms with Crippen LogP contribution in [0.5, 0.6) is 0 Å². The van der Waals surface area contributed by atoms with Crippen molar-refractivity contribution in [1.82, 2.24) is 19.6 Å². The van der Waals surface area contributed by atoms with E-state index in [1.54, 1.807) is 33.9 Å². The molecule has 0 saturated carbocycles. The number of amides is 1. The maximum Gasteiger partial charge on any atom is 0.276 e. The monoisotopic (exact) mass is 363 g/mol. The molecule has 0 aliphatic rings. The Morgan fingerprint density at radius 3 is 2.65 bits per heavy atom. The Morgan fingerprint density at radius 2 is 1.85 bits per heavy atom. The number of benzene rings is 2. The highest BCUT2D eigenvalue weighted by Gasteiger charge is 2.12. The van der Waals surface area contributed by atoms with Crippen molar-refractivity contribution in [2.45, 2.75) is 0 Å². The Balaban J connectivity index is 1.54. The summed E-state index contributed by atoms with van der Waals surface area (Å²) >= 11 is 6.17. The lowest BCUT2D eigenvalue weighted by Crippen LogP contribution is -2.13. The SMILES string of the molecule is O=C(Nc1cccc(-n2cccn2)c1)c1ccn(-c2ccccc2Cl)n1. The average Bonchev–Trinajstić information content (AvgIpc) is 3.35. The van der Waals surface area contributed by atoms with Gasteiger partial charge in [-0.2, -0.15) is 10.2 Å². The van der Waals surface area contributed by atoms with Gasteiger partial charge in [-0.05, 0) is 42.5 Å². The molecule has 4 rings (SSSR count). The fourth-order valence-electron chi connectivity index (χ4n) is 2.56. The molecule has 1 N–H and O–H groups in total. The number of anilines is 1. The van der Waals surface area contributed by atoms with E-state index in [0.717, 1.165) is 5.69 Å². The quantitative estimate of drug-likeness (QED) is 0.596. The third-order valence-electron chi connectivity index (χ3n) is 3.79. The Morgan fingerprint density at radius 1 is 0.962 bits per heavy atom. The molecule has 0 bridgehead atoms. The van der Waals surface area contributed by atoms with Crippen LogP contribution in [0.4, 0.5) is 5.69 Å². The van der Waals surface area contributed by atoms with Crippen molar-refractivity contribution < 1.29 is 4.79 Å². The molecule has 128 valence electrons. The standard InChI is InChI=1S/C19H14ClN5O/c20-16-7-1-2-8-18(16)25-12-9-17(23-25)19(26)22-14-5-3-6-15(13-14)24-11-4-10-21-24/h1-13H,(H,22,26). The molecule has 1 amide bonds. The lowest BCUT2D eigenvalue weighted by molar-refractivity contribution is 0.102. The third kappa shape index (κ3) is 3.22. The highest BCUT2D eigenvalue weighted by atomic mass is 35.5. The summed E-state index contributed by atoms with van der Waals surface area (Å²) in [5.41, 5.74) is 2.54. The van der Waals surface area contributed by atoms with Crippen molar-refractivity contribution in [2.75, 3.05) is 5.32 Å².